The van der Waals surface area contributed by atoms with Gasteiger partial charge in [0.05, 0.1) is 0 Å². The van der Waals surface area contributed by atoms with Gasteiger partial charge in [0.15, 0.2) is 5.82 Å². The quantitative estimate of drug-likeness (QED) is 0.839. The van der Waals surface area contributed by atoms with Crippen molar-refractivity contribution in [1.29, 1.82) is 0 Å². The third-order valence-electron chi connectivity index (χ3n) is 2.70. The van der Waals surface area contributed by atoms with E-state index in [1.807, 2.05) is 32.9 Å². The van der Waals surface area contributed by atoms with Gasteiger partial charge in [-0.2, -0.15) is 5.10 Å². The molecule has 19 heavy (non-hydrogen) atoms. The Labute approximate surface area is 117 Å². The first-order chi connectivity index (χ1) is 9.20. The molecule has 6 heteroatoms. The molecule has 0 bridgehead atoms. The Morgan fingerprint density at radius 3 is 2.58 bits per heavy atom. The van der Waals surface area contributed by atoms with E-state index in [1.165, 1.54) is 18.5 Å². The second kappa shape index (κ2) is 6.02. The van der Waals surface area contributed by atoms with Crippen molar-refractivity contribution in [1.82, 2.24) is 20.2 Å². The minimum absolute atomic E-state index is 0.241. The van der Waals surface area contributed by atoms with Crippen LogP contribution < -0.4 is 5.32 Å². The molecular weight excluding hydrogens is 262 g/mol. The van der Waals surface area contributed by atoms with E-state index in [0.717, 1.165) is 11.5 Å². The van der Waals surface area contributed by atoms with Crippen LogP contribution in [0.4, 0.5) is 11.6 Å². The van der Waals surface area contributed by atoms with Gasteiger partial charge >= 0.3 is 0 Å². The Morgan fingerprint density at radius 2 is 1.95 bits per heavy atom. The molecule has 0 atom stereocenters. The Morgan fingerprint density at radius 1 is 1.21 bits per heavy atom. The van der Waals surface area contributed by atoms with Crippen molar-refractivity contribution in [2.45, 2.75) is 39.5 Å². The zero-order chi connectivity index (χ0) is 13.8. The van der Waals surface area contributed by atoms with E-state index in [-0.39, 0.29) is 5.28 Å². The average molecular weight is 280 g/mol. The highest BCUT2D eigenvalue weighted by molar-refractivity contribution is 6.28. The number of aromatic nitrogens is 4. The topological polar surface area (TPSA) is 66.5 Å². The second-order valence-electron chi connectivity index (χ2n) is 4.27. The summed E-state index contributed by atoms with van der Waals surface area (Å²) in [4.78, 5) is 8.09. The lowest BCUT2D eigenvalue weighted by atomic mass is 10.3. The Balaban J connectivity index is 0.000000637. The van der Waals surface area contributed by atoms with E-state index in [4.69, 9.17) is 11.6 Å². The summed E-state index contributed by atoms with van der Waals surface area (Å²) in [6.07, 6.45) is 2.50. The third-order valence-corrected chi connectivity index (χ3v) is 2.87. The summed E-state index contributed by atoms with van der Waals surface area (Å²) in [5.74, 6) is 2.09. The standard InChI is InChI=1S/C11H12ClN5.C2H6/c1-6-4-9(15-11(12)13-6)14-10-5-8(16-17-10)7-2-3-7;1-2/h4-5,7H,2-3H2,1H3,(H2,13,14,15,16,17);1-2H3. The molecule has 5 nitrogen and oxygen atoms in total. The molecule has 1 fully saturated rings. The number of nitrogens with zero attached hydrogens (tertiary/aromatic N) is 3. The molecule has 2 aromatic heterocycles. The van der Waals surface area contributed by atoms with Crippen LogP contribution in [0, 0.1) is 6.92 Å². The Hall–Kier alpha value is -1.62. The van der Waals surface area contributed by atoms with E-state index < -0.39 is 0 Å². The first kappa shape index (κ1) is 13.8. The number of hydrogen-bond donors (Lipinski definition) is 2. The lowest BCUT2D eigenvalue weighted by Gasteiger charge is -2.02. The van der Waals surface area contributed by atoms with Gasteiger partial charge in [0.1, 0.15) is 5.82 Å². The largest absolute Gasteiger partial charge is 0.323 e. The number of H-pyrrole nitrogens is 1. The number of halogens is 1. The molecule has 3 rings (SSSR count). The van der Waals surface area contributed by atoms with Crippen molar-refractivity contribution in [2.75, 3.05) is 5.32 Å². The average Bonchev–Trinajstić information content (AvgIpc) is 3.12. The molecule has 1 saturated carbocycles. The number of hydrogen-bond acceptors (Lipinski definition) is 4. The van der Waals surface area contributed by atoms with Crippen molar-refractivity contribution in [3.63, 3.8) is 0 Å². The van der Waals surface area contributed by atoms with Gasteiger partial charge in [0.25, 0.3) is 0 Å². The normalized spacial score (nSPS) is 13.7. The van der Waals surface area contributed by atoms with Crippen molar-refractivity contribution >= 4 is 23.2 Å². The van der Waals surface area contributed by atoms with Gasteiger partial charge in [0.2, 0.25) is 5.28 Å². The van der Waals surface area contributed by atoms with Crippen LogP contribution in [0.15, 0.2) is 12.1 Å². The fourth-order valence-corrected chi connectivity index (χ4v) is 1.96. The van der Waals surface area contributed by atoms with Crippen LogP contribution in [0.1, 0.15) is 44.0 Å². The van der Waals surface area contributed by atoms with Gasteiger partial charge in [-0.15, -0.1) is 0 Å². The SMILES string of the molecule is CC.Cc1cc(Nc2cc(C3CC3)[nH]n2)nc(Cl)n1. The van der Waals surface area contributed by atoms with Crippen molar-refractivity contribution in [3.05, 3.63) is 28.8 Å². The Bertz CT molecular complexity index is 527. The van der Waals surface area contributed by atoms with Crippen LogP contribution in [-0.2, 0) is 0 Å². The summed E-state index contributed by atoms with van der Waals surface area (Å²) < 4.78 is 0. The van der Waals surface area contributed by atoms with Gasteiger partial charge < -0.3 is 5.32 Å². The maximum Gasteiger partial charge on any atom is 0.224 e. The fourth-order valence-electron chi connectivity index (χ4n) is 1.73. The first-order valence-corrected chi connectivity index (χ1v) is 6.92. The highest BCUT2D eigenvalue weighted by Gasteiger charge is 2.25. The number of anilines is 2. The molecule has 0 spiro atoms. The smallest absolute Gasteiger partial charge is 0.224 e. The summed E-state index contributed by atoms with van der Waals surface area (Å²) in [5.41, 5.74) is 2.01. The maximum absolute atomic E-state index is 5.79. The predicted octanol–water partition coefficient (Wildman–Crippen LogP) is 3.81. The van der Waals surface area contributed by atoms with Crippen molar-refractivity contribution < 1.29 is 0 Å². The number of nitrogens with one attached hydrogen (secondary N) is 2. The summed E-state index contributed by atoms with van der Waals surface area (Å²) in [5, 5.41) is 10.6. The molecule has 0 saturated heterocycles. The summed E-state index contributed by atoms with van der Waals surface area (Å²) in [7, 11) is 0. The molecule has 1 aliphatic rings. The second-order valence-corrected chi connectivity index (χ2v) is 4.61. The molecule has 0 amide bonds. The zero-order valence-electron chi connectivity index (χ0n) is 11.4. The molecule has 2 N–H and O–H groups in total. The molecule has 2 aromatic rings. The van der Waals surface area contributed by atoms with Crippen LogP contribution in [0.5, 0.6) is 0 Å². The Kier molecular flexibility index (Phi) is 4.37. The van der Waals surface area contributed by atoms with E-state index in [1.54, 1.807) is 0 Å². The molecule has 0 radical (unpaired) electrons. The van der Waals surface area contributed by atoms with Crippen LogP contribution in [-0.4, -0.2) is 20.2 Å². The van der Waals surface area contributed by atoms with Crippen LogP contribution >= 0.6 is 11.6 Å². The van der Waals surface area contributed by atoms with Crippen LogP contribution in [0.2, 0.25) is 5.28 Å². The van der Waals surface area contributed by atoms with Gasteiger partial charge in [-0.3, -0.25) is 5.10 Å². The van der Waals surface area contributed by atoms with E-state index in [0.29, 0.717) is 11.7 Å². The summed E-state index contributed by atoms with van der Waals surface area (Å²) in [6, 6.07) is 3.85. The molecule has 0 unspecified atom stereocenters. The minimum atomic E-state index is 0.241. The minimum Gasteiger partial charge on any atom is -0.323 e. The zero-order valence-corrected chi connectivity index (χ0v) is 12.1. The molecule has 0 aliphatic heterocycles. The molecular formula is C13H18ClN5. The molecule has 2 heterocycles. The molecule has 0 aromatic carbocycles. The lowest BCUT2D eigenvalue weighted by molar-refractivity contribution is 0.966. The summed E-state index contributed by atoms with van der Waals surface area (Å²) >= 11 is 5.79. The third kappa shape index (κ3) is 3.67. The molecule has 102 valence electrons. The number of rotatable bonds is 3. The monoisotopic (exact) mass is 279 g/mol. The van der Waals surface area contributed by atoms with Crippen LogP contribution in [0.3, 0.4) is 0 Å². The van der Waals surface area contributed by atoms with Gasteiger partial charge in [-0.1, -0.05) is 13.8 Å². The fraction of sp³-hybridized carbons (Fsp3) is 0.462. The van der Waals surface area contributed by atoms with E-state index >= 15 is 0 Å². The highest BCUT2D eigenvalue weighted by atomic mass is 35.5. The first-order valence-electron chi connectivity index (χ1n) is 6.54. The van der Waals surface area contributed by atoms with Crippen molar-refractivity contribution in [3.8, 4) is 0 Å². The molecule has 1 aliphatic carbocycles. The highest BCUT2D eigenvalue weighted by Crippen LogP contribution is 2.39. The van der Waals surface area contributed by atoms with Crippen LogP contribution in [0.25, 0.3) is 0 Å². The van der Waals surface area contributed by atoms with E-state index in [9.17, 15) is 0 Å². The van der Waals surface area contributed by atoms with E-state index in [2.05, 4.69) is 25.5 Å². The lowest BCUT2D eigenvalue weighted by Crippen LogP contribution is -1.96. The van der Waals surface area contributed by atoms with Gasteiger partial charge in [0, 0.05) is 29.4 Å². The number of aromatic amines is 1. The maximum atomic E-state index is 5.79. The van der Waals surface area contributed by atoms with Crippen molar-refractivity contribution in [2.24, 2.45) is 0 Å². The number of aryl methyl sites for hydroxylation is 1. The van der Waals surface area contributed by atoms with Gasteiger partial charge in [-0.25, -0.2) is 9.97 Å². The predicted molar refractivity (Wildman–Crippen MR) is 77.0 cm³/mol. The summed E-state index contributed by atoms with van der Waals surface area (Å²) in [6.45, 7) is 5.87. The van der Waals surface area contributed by atoms with Gasteiger partial charge in [-0.05, 0) is 31.4 Å².